The standard InChI is InChI=1S/C26H30ClNO3S/c27-25-16-24(13-12-21(25)9-4-5-14-26(28,18-29)19-30)32-23-11-6-10-22(15-23)31-17-20-7-2-1-3-8-20/h1-3,6-8,10-13,15-16,29-30H,4-5,9,14,17-19,28H2. The molecule has 6 heteroatoms. The number of hydrogen-bond donors (Lipinski definition) is 3. The molecule has 0 aliphatic heterocycles. The highest BCUT2D eigenvalue weighted by atomic mass is 35.5. The summed E-state index contributed by atoms with van der Waals surface area (Å²) < 4.78 is 5.93. The van der Waals surface area contributed by atoms with E-state index in [-0.39, 0.29) is 13.2 Å². The summed E-state index contributed by atoms with van der Waals surface area (Å²) in [6.07, 6.45) is 3.12. The Kier molecular flexibility index (Phi) is 9.45. The molecule has 4 N–H and O–H groups in total. The Balaban J connectivity index is 1.53. The molecule has 170 valence electrons. The summed E-state index contributed by atoms with van der Waals surface area (Å²) >= 11 is 8.17. The highest BCUT2D eigenvalue weighted by Crippen LogP contribution is 2.33. The molecule has 0 unspecified atom stereocenters. The summed E-state index contributed by atoms with van der Waals surface area (Å²) in [6.45, 7) is 0.112. The average molecular weight is 472 g/mol. The summed E-state index contributed by atoms with van der Waals surface area (Å²) in [7, 11) is 0. The molecule has 0 saturated carbocycles. The Morgan fingerprint density at radius 3 is 2.34 bits per heavy atom. The first-order valence-electron chi connectivity index (χ1n) is 10.7. The Morgan fingerprint density at radius 2 is 1.62 bits per heavy atom. The monoisotopic (exact) mass is 471 g/mol. The van der Waals surface area contributed by atoms with Crippen molar-refractivity contribution in [1.82, 2.24) is 0 Å². The topological polar surface area (TPSA) is 75.7 Å². The number of ether oxygens (including phenoxy) is 1. The third-order valence-corrected chi connectivity index (χ3v) is 6.65. The van der Waals surface area contributed by atoms with Crippen molar-refractivity contribution in [3.05, 3.63) is 88.9 Å². The molecule has 3 aromatic carbocycles. The Labute approximate surface area is 199 Å². The molecule has 0 radical (unpaired) electrons. The van der Waals surface area contributed by atoms with E-state index < -0.39 is 5.54 Å². The van der Waals surface area contributed by atoms with Crippen LogP contribution in [0.5, 0.6) is 5.75 Å². The van der Waals surface area contributed by atoms with E-state index in [1.165, 1.54) is 0 Å². The van der Waals surface area contributed by atoms with Crippen molar-refractivity contribution >= 4 is 23.4 Å². The van der Waals surface area contributed by atoms with Gasteiger partial charge in [0.05, 0.1) is 18.8 Å². The van der Waals surface area contributed by atoms with Crippen LogP contribution in [0.4, 0.5) is 0 Å². The third kappa shape index (κ3) is 7.54. The highest BCUT2D eigenvalue weighted by molar-refractivity contribution is 7.99. The molecule has 0 aliphatic carbocycles. The van der Waals surface area contributed by atoms with Gasteiger partial charge >= 0.3 is 0 Å². The van der Waals surface area contributed by atoms with Crippen molar-refractivity contribution in [1.29, 1.82) is 0 Å². The van der Waals surface area contributed by atoms with Crippen LogP contribution < -0.4 is 10.5 Å². The smallest absolute Gasteiger partial charge is 0.120 e. The predicted octanol–water partition coefficient (Wildman–Crippen LogP) is 5.47. The summed E-state index contributed by atoms with van der Waals surface area (Å²) in [4.78, 5) is 2.16. The maximum atomic E-state index is 9.28. The van der Waals surface area contributed by atoms with Gasteiger partial charge in [-0.1, -0.05) is 72.2 Å². The van der Waals surface area contributed by atoms with Gasteiger partial charge in [-0.2, -0.15) is 0 Å². The van der Waals surface area contributed by atoms with Crippen LogP contribution in [0.1, 0.15) is 30.4 Å². The number of rotatable bonds is 12. The number of benzene rings is 3. The predicted molar refractivity (Wildman–Crippen MR) is 131 cm³/mol. The van der Waals surface area contributed by atoms with E-state index in [1.54, 1.807) is 11.8 Å². The number of aryl methyl sites for hydroxylation is 1. The van der Waals surface area contributed by atoms with E-state index in [4.69, 9.17) is 22.1 Å². The van der Waals surface area contributed by atoms with E-state index >= 15 is 0 Å². The number of nitrogens with two attached hydrogens (primary N) is 1. The molecule has 0 saturated heterocycles. The van der Waals surface area contributed by atoms with Crippen LogP contribution in [-0.2, 0) is 13.0 Å². The molecule has 0 fully saturated rings. The van der Waals surface area contributed by atoms with E-state index in [9.17, 15) is 10.2 Å². The van der Waals surface area contributed by atoms with Crippen LogP contribution in [0.3, 0.4) is 0 Å². The SMILES string of the molecule is NC(CO)(CO)CCCCc1ccc(Sc2cccc(OCc3ccccc3)c2)cc1Cl. The van der Waals surface area contributed by atoms with Crippen molar-refractivity contribution in [3.63, 3.8) is 0 Å². The van der Waals surface area contributed by atoms with Crippen molar-refractivity contribution in [2.75, 3.05) is 13.2 Å². The number of hydrogen-bond acceptors (Lipinski definition) is 5. The van der Waals surface area contributed by atoms with Gasteiger partial charge < -0.3 is 20.7 Å². The lowest BCUT2D eigenvalue weighted by Gasteiger charge is -2.24. The van der Waals surface area contributed by atoms with Gasteiger partial charge in [0.1, 0.15) is 12.4 Å². The molecule has 0 aromatic heterocycles. The molecule has 0 amide bonds. The molecule has 3 aromatic rings. The van der Waals surface area contributed by atoms with Crippen LogP contribution >= 0.6 is 23.4 Å². The number of halogens is 1. The number of aliphatic hydroxyl groups excluding tert-OH is 2. The zero-order chi connectivity index (χ0) is 22.8. The van der Waals surface area contributed by atoms with Crippen LogP contribution in [-0.4, -0.2) is 29.0 Å². The molecule has 3 rings (SSSR count). The maximum Gasteiger partial charge on any atom is 0.120 e. The van der Waals surface area contributed by atoms with E-state index in [0.29, 0.717) is 13.0 Å². The largest absolute Gasteiger partial charge is 0.489 e. The van der Waals surface area contributed by atoms with Crippen molar-refractivity contribution in [2.45, 2.75) is 47.6 Å². The fraction of sp³-hybridized carbons (Fsp3) is 0.308. The minimum atomic E-state index is -0.899. The Hall–Kier alpha value is -2.02. The van der Waals surface area contributed by atoms with Crippen molar-refractivity contribution in [2.24, 2.45) is 5.73 Å². The molecule has 0 atom stereocenters. The molecule has 0 heterocycles. The summed E-state index contributed by atoms with van der Waals surface area (Å²) in [6, 6.07) is 24.3. The molecular formula is C26H30ClNO3S. The highest BCUT2D eigenvalue weighted by Gasteiger charge is 2.22. The fourth-order valence-corrected chi connectivity index (χ4v) is 4.55. The van der Waals surface area contributed by atoms with Gasteiger partial charge in [0.2, 0.25) is 0 Å². The minimum absolute atomic E-state index is 0.214. The van der Waals surface area contributed by atoms with Gasteiger partial charge in [-0.15, -0.1) is 0 Å². The molecule has 0 aliphatic rings. The second kappa shape index (κ2) is 12.3. The van der Waals surface area contributed by atoms with Gasteiger partial charge in [-0.25, -0.2) is 0 Å². The van der Waals surface area contributed by atoms with Crippen LogP contribution in [0.15, 0.2) is 82.6 Å². The molecular weight excluding hydrogens is 442 g/mol. The third-order valence-electron chi connectivity index (χ3n) is 5.31. The van der Waals surface area contributed by atoms with Crippen molar-refractivity contribution in [3.8, 4) is 5.75 Å². The number of aliphatic hydroxyl groups is 2. The van der Waals surface area contributed by atoms with E-state index in [0.717, 1.165) is 51.0 Å². The van der Waals surface area contributed by atoms with Gasteiger partial charge in [0, 0.05) is 14.8 Å². The zero-order valence-corrected chi connectivity index (χ0v) is 19.6. The lowest BCUT2D eigenvalue weighted by atomic mass is 9.94. The van der Waals surface area contributed by atoms with Gasteiger partial charge in [-0.3, -0.25) is 0 Å². The summed E-state index contributed by atoms with van der Waals surface area (Å²) in [5, 5.41) is 19.3. The lowest BCUT2D eigenvalue weighted by Crippen LogP contribution is -2.47. The second-order valence-electron chi connectivity index (χ2n) is 7.99. The zero-order valence-electron chi connectivity index (χ0n) is 18.0. The molecule has 0 bridgehead atoms. The normalized spacial score (nSPS) is 11.5. The summed E-state index contributed by atoms with van der Waals surface area (Å²) in [5.74, 6) is 0.836. The number of unbranched alkanes of at least 4 members (excludes halogenated alkanes) is 1. The summed E-state index contributed by atoms with van der Waals surface area (Å²) in [5.41, 5.74) is 7.25. The molecule has 0 spiro atoms. The van der Waals surface area contributed by atoms with Crippen molar-refractivity contribution < 1.29 is 14.9 Å². The first-order valence-corrected chi connectivity index (χ1v) is 11.9. The van der Waals surface area contributed by atoms with E-state index in [1.807, 2.05) is 54.6 Å². The molecule has 32 heavy (non-hydrogen) atoms. The average Bonchev–Trinajstić information content (AvgIpc) is 2.82. The quantitative estimate of drug-likeness (QED) is 0.305. The minimum Gasteiger partial charge on any atom is -0.489 e. The Bertz CT molecular complexity index is 980. The first-order chi connectivity index (χ1) is 15.5. The Morgan fingerprint density at radius 1 is 0.875 bits per heavy atom. The second-order valence-corrected chi connectivity index (χ2v) is 9.54. The first kappa shape index (κ1) is 24.6. The van der Waals surface area contributed by atoms with Gasteiger partial charge in [-0.05, 0) is 60.7 Å². The van der Waals surface area contributed by atoms with Crippen LogP contribution in [0.25, 0.3) is 0 Å². The lowest BCUT2D eigenvalue weighted by molar-refractivity contribution is 0.112. The fourth-order valence-electron chi connectivity index (χ4n) is 3.30. The van der Waals surface area contributed by atoms with Crippen LogP contribution in [0, 0.1) is 0 Å². The van der Waals surface area contributed by atoms with Gasteiger partial charge in [0.15, 0.2) is 0 Å². The van der Waals surface area contributed by atoms with E-state index in [2.05, 4.69) is 18.2 Å². The molecule has 4 nitrogen and oxygen atoms in total. The van der Waals surface area contributed by atoms with Crippen LogP contribution in [0.2, 0.25) is 5.02 Å². The van der Waals surface area contributed by atoms with Gasteiger partial charge in [0.25, 0.3) is 0 Å². The maximum absolute atomic E-state index is 9.28.